The van der Waals surface area contributed by atoms with Gasteiger partial charge in [-0.25, -0.2) is 19.9 Å². The summed E-state index contributed by atoms with van der Waals surface area (Å²) in [6.45, 7) is 0. The van der Waals surface area contributed by atoms with Crippen molar-refractivity contribution < 1.29 is 4.42 Å². The second-order valence-corrected chi connectivity index (χ2v) is 12.3. The molecule has 50 heavy (non-hydrogen) atoms. The Kier molecular flexibility index (Phi) is 6.39. The fraction of sp³-hybridized carbons (Fsp3) is 0. The van der Waals surface area contributed by atoms with Crippen molar-refractivity contribution in [1.82, 2.24) is 24.5 Å². The molecule has 234 valence electrons. The summed E-state index contributed by atoms with van der Waals surface area (Å²) < 4.78 is 8.45. The van der Waals surface area contributed by atoms with Crippen LogP contribution < -0.4 is 0 Å². The van der Waals surface area contributed by atoms with Gasteiger partial charge in [0.2, 0.25) is 5.71 Å². The summed E-state index contributed by atoms with van der Waals surface area (Å²) in [6.07, 6.45) is 1.74. The van der Waals surface area contributed by atoms with E-state index in [4.69, 9.17) is 19.4 Å². The number of rotatable bonds is 5. The Morgan fingerprint density at radius 2 is 0.960 bits per heavy atom. The quantitative estimate of drug-likeness (QED) is 0.187. The predicted octanol–water partition coefficient (Wildman–Crippen LogP) is 10.9. The Hall–Kier alpha value is -6.92. The van der Waals surface area contributed by atoms with Crippen LogP contribution in [0.5, 0.6) is 0 Å². The number of aromatic nitrogens is 5. The zero-order valence-corrected chi connectivity index (χ0v) is 26.7. The Bertz CT molecular complexity index is 2820. The highest BCUT2D eigenvalue weighted by atomic mass is 16.3. The number of benzene rings is 6. The molecule has 0 unspecified atom stereocenters. The van der Waals surface area contributed by atoms with Gasteiger partial charge in [0.05, 0.1) is 11.0 Å². The summed E-state index contributed by atoms with van der Waals surface area (Å²) in [4.78, 5) is 19.6. The van der Waals surface area contributed by atoms with Crippen molar-refractivity contribution in [2.24, 2.45) is 0 Å². The molecule has 0 saturated carbocycles. The molecule has 6 heteroatoms. The van der Waals surface area contributed by atoms with Crippen LogP contribution in [0.15, 0.2) is 168 Å². The molecule has 0 radical (unpaired) electrons. The number of hydrogen-bond donors (Lipinski definition) is 0. The number of furan rings is 1. The monoisotopic (exact) mass is 641 g/mol. The van der Waals surface area contributed by atoms with E-state index in [-0.39, 0.29) is 0 Å². The van der Waals surface area contributed by atoms with Gasteiger partial charge in [0.25, 0.3) is 0 Å². The zero-order valence-electron chi connectivity index (χ0n) is 26.7. The van der Waals surface area contributed by atoms with E-state index >= 15 is 0 Å². The lowest BCUT2D eigenvalue weighted by Crippen LogP contribution is -2.01. The first kappa shape index (κ1) is 28.1. The van der Waals surface area contributed by atoms with Gasteiger partial charge in [-0.15, -0.1) is 0 Å². The molecule has 0 aliphatic carbocycles. The van der Waals surface area contributed by atoms with Gasteiger partial charge in [0.15, 0.2) is 17.5 Å². The van der Waals surface area contributed by atoms with Crippen LogP contribution in [0.1, 0.15) is 0 Å². The molecular formula is C44H27N5O. The summed E-state index contributed by atoms with van der Waals surface area (Å²) >= 11 is 0. The Labute approximate surface area is 287 Å². The summed E-state index contributed by atoms with van der Waals surface area (Å²) in [5.41, 5.74) is 9.60. The number of pyridine rings is 1. The van der Waals surface area contributed by atoms with Crippen LogP contribution in [0.2, 0.25) is 0 Å². The van der Waals surface area contributed by atoms with E-state index < -0.39 is 0 Å². The van der Waals surface area contributed by atoms with Crippen molar-refractivity contribution in [1.29, 1.82) is 0 Å². The van der Waals surface area contributed by atoms with Gasteiger partial charge in [-0.2, -0.15) is 0 Å². The average Bonchev–Trinajstić information content (AvgIpc) is 3.74. The van der Waals surface area contributed by atoms with Gasteiger partial charge < -0.3 is 8.98 Å². The lowest BCUT2D eigenvalue weighted by Gasteiger charge is -2.12. The molecule has 0 bridgehead atoms. The number of hydrogen-bond acceptors (Lipinski definition) is 5. The van der Waals surface area contributed by atoms with E-state index in [9.17, 15) is 0 Å². The molecule has 6 nitrogen and oxygen atoms in total. The van der Waals surface area contributed by atoms with E-state index in [1.807, 2.05) is 30.3 Å². The molecular weight excluding hydrogens is 615 g/mol. The maximum atomic E-state index is 6.14. The molecule has 10 aromatic rings. The van der Waals surface area contributed by atoms with E-state index in [2.05, 4.69) is 137 Å². The summed E-state index contributed by atoms with van der Waals surface area (Å²) in [5, 5.41) is 4.41. The Morgan fingerprint density at radius 3 is 1.70 bits per heavy atom. The van der Waals surface area contributed by atoms with Crippen LogP contribution in [-0.2, 0) is 0 Å². The van der Waals surface area contributed by atoms with Crippen LogP contribution in [0, 0.1) is 0 Å². The van der Waals surface area contributed by atoms with Crippen molar-refractivity contribution in [2.45, 2.75) is 0 Å². The largest absolute Gasteiger partial charge is 0.438 e. The van der Waals surface area contributed by atoms with Gasteiger partial charge in [-0.3, -0.25) is 0 Å². The van der Waals surface area contributed by atoms with Gasteiger partial charge in [0.1, 0.15) is 5.58 Å². The van der Waals surface area contributed by atoms with Crippen LogP contribution in [-0.4, -0.2) is 24.5 Å². The normalized spacial score (nSPS) is 11.6. The Morgan fingerprint density at radius 1 is 0.400 bits per heavy atom. The molecule has 0 atom stereocenters. The fourth-order valence-electron chi connectivity index (χ4n) is 6.94. The molecule has 0 amide bonds. The Balaban J connectivity index is 1.14. The van der Waals surface area contributed by atoms with Crippen LogP contribution in [0.4, 0.5) is 0 Å². The third kappa shape index (κ3) is 4.65. The highest BCUT2D eigenvalue weighted by Gasteiger charge is 2.17. The second-order valence-electron chi connectivity index (χ2n) is 12.3. The SMILES string of the molecule is c1ccc(-c2ccc(-c3nc(-c4cccc(-n5c6ccccc6c6ccccc65)c4)nc(-c4ccc5c(c4)oc4ncccc45)n3)cc2)cc1. The van der Waals surface area contributed by atoms with Crippen molar-refractivity contribution in [3.63, 3.8) is 0 Å². The highest BCUT2D eigenvalue weighted by Crippen LogP contribution is 2.35. The van der Waals surface area contributed by atoms with Crippen molar-refractivity contribution in [2.75, 3.05) is 0 Å². The lowest BCUT2D eigenvalue weighted by atomic mass is 10.0. The summed E-state index contributed by atoms with van der Waals surface area (Å²) in [7, 11) is 0. The molecule has 0 fully saturated rings. The van der Waals surface area contributed by atoms with Crippen LogP contribution >= 0.6 is 0 Å². The molecule has 0 N–H and O–H groups in total. The molecule has 4 aromatic heterocycles. The minimum Gasteiger partial charge on any atom is -0.438 e. The van der Waals surface area contributed by atoms with Gasteiger partial charge in [0, 0.05) is 50.1 Å². The topological polar surface area (TPSA) is 69.6 Å². The first-order chi connectivity index (χ1) is 24.8. The lowest BCUT2D eigenvalue weighted by molar-refractivity contribution is 0.654. The first-order valence-corrected chi connectivity index (χ1v) is 16.6. The predicted molar refractivity (Wildman–Crippen MR) is 201 cm³/mol. The van der Waals surface area contributed by atoms with E-state index in [1.54, 1.807) is 6.20 Å². The van der Waals surface area contributed by atoms with Gasteiger partial charge in [-0.1, -0.05) is 109 Å². The maximum absolute atomic E-state index is 6.14. The molecule has 6 aromatic carbocycles. The smallest absolute Gasteiger partial charge is 0.227 e. The van der Waals surface area contributed by atoms with Crippen LogP contribution in [0.25, 0.3) is 94.9 Å². The van der Waals surface area contributed by atoms with E-state index in [1.165, 1.54) is 10.8 Å². The van der Waals surface area contributed by atoms with Crippen molar-refractivity contribution in [3.8, 4) is 51.0 Å². The summed E-state index contributed by atoms with van der Waals surface area (Å²) in [6, 6.07) is 54.3. The molecule has 0 saturated heterocycles. The molecule has 4 heterocycles. The van der Waals surface area contributed by atoms with Crippen molar-refractivity contribution in [3.05, 3.63) is 164 Å². The number of nitrogens with zero attached hydrogens (tertiary/aromatic N) is 5. The molecule has 0 aliphatic rings. The maximum Gasteiger partial charge on any atom is 0.227 e. The van der Waals surface area contributed by atoms with Gasteiger partial charge in [-0.05, 0) is 59.7 Å². The second kappa shape index (κ2) is 11.4. The fourth-order valence-corrected chi connectivity index (χ4v) is 6.94. The van der Waals surface area contributed by atoms with Crippen molar-refractivity contribution >= 4 is 43.9 Å². The standard InChI is InChI=1S/C44H27N5O/c1-2-10-28(11-3-1)29-19-21-30(22-20-29)41-46-42(48-43(47-41)32-23-24-36-37-16-9-25-45-44(37)50-40(36)27-32)31-12-8-13-33(26-31)49-38-17-6-4-14-34(38)35-15-5-7-18-39(35)49/h1-27H. The van der Waals surface area contributed by atoms with Crippen LogP contribution in [0.3, 0.4) is 0 Å². The van der Waals surface area contributed by atoms with E-state index in [0.717, 1.165) is 60.9 Å². The van der Waals surface area contributed by atoms with E-state index in [0.29, 0.717) is 23.2 Å². The highest BCUT2D eigenvalue weighted by molar-refractivity contribution is 6.09. The first-order valence-electron chi connectivity index (χ1n) is 16.6. The molecule has 0 spiro atoms. The third-order valence-corrected chi connectivity index (χ3v) is 9.34. The summed E-state index contributed by atoms with van der Waals surface area (Å²) in [5.74, 6) is 1.75. The molecule has 10 rings (SSSR count). The van der Waals surface area contributed by atoms with Gasteiger partial charge >= 0.3 is 0 Å². The number of para-hydroxylation sites is 2. The third-order valence-electron chi connectivity index (χ3n) is 9.34. The average molecular weight is 642 g/mol. The zero-order chi connectivity index (χ0) is 33.0. The molecule has 0 aliphatic heterocycles. The minimum absolute atomic E-state index is 0.565. The number of fused-ring (bicyclic) bond motifs is 6. The minimum atomic E-state index is 0.565.